The van der Waals surface area contributed by atoms with E-state index < -0.39 is 0 Å². The largest absolute Gasteiger partial charge is 0.341 e. The highest BCUT2D eigenvalue weighted by Crippen LogP contribution is 2.45. The van der Waals surface area contributed by atoms with Crippen LogP contribution in [0.5, 0.6) is 0 Å². The summed E-state index contributed by atoms with van der Waals surface area (Å²) in [6.45, 7) is 4.05. The highest BCUT2D eigenvalue weighted by atomic mass is 35.5. The number of hydrogen-bond donors (Lipinski definition) is 1. The normalized spacial score (nSPS) is 26.9. The molecule has 0 spiro atoms. The highest BCUT2D eigenvalue weighted by Gasteiger charge is 2.45. The number of carbonyl (C=O) groups excluding carboxylic acids is 1. The van der Waals surface area contributed by atoms with Crippen LogP contribution >= 0.6 is 12.4 Å². The van der Waals surface area contributed by atoms with Gasteiger partial charge >= 0.3 is 0 Å². The van der Waals surface area contributed by atoms with Crippen molar-refractivity contribution in [1.29, 1.82) is 0 Å². The fourth-order valence-corrected chi connectivity index (χ4v) is 3.05. The summed E-state index contributed by atoms with van der Waals surface area (Å²) in [6.07, 6.45) is 6.85. The molecule has 2 aliphatic rings. The zero-order chi connectivity index (χ0) is 11.6. The van der Waals surface area contributed by atoms with Gasteiger partial charge in [-0.05, 0) is 39.2 Å². The van der Waals surface area contributed by atoms with Crippen molar-refractivity contribution in [3.8, 4) is 0 Å². The maximum Gasteiger partial charge on any atom is 0.228 e. The number of amides is 1. The summed E-state index contributed by atoms with van der Waals surface area (Å²) in [6, 6.07) is 0.506. The molecule has 2 rings (SSSR count). The van der Waals surface area contributed by atoms with Crippen LogP contribution in [0.2, 0.25) is 0 Å². The Hall–Kier alpha value is -0.280. The lowest BCUT2D eigenvalue weighted by Gasteiger charge is -2.45. The van der Waals surface area contributed by atoms with Crippen LogP contribution in [-0.4, -0.2) is 37.0 Å². The molecule has 1 aliphatic carbocycles. The Morgan fingerprint density at radius 2 is 2.12 bits per heavy atom. The van der Waals surface area contributed by atoms with Gasteiger partial charge in [0.05, 0.1) is 0 Å². The molecule has 2 fully saturated rings. The van der Waals surface area contributed by atoms with Gasteiger partial charge in [0, 0.05) is 24.5 Å². The first-order valence-electron chi connectivity index (χ1n) is 6.68. The zero-order valence-corrected chi connectivity index (χ0v) is 11.8. The zero-order valence-electron chi connectivity index (χ0n) is 11.0. The summed E-state index contributed by atoms with van der Waals surface area (Å²) in [5, 5.41) is 3.30. The van der Waals surface area contributed by atoms with Crippen LogP contribution in [-0.2, 0) is 4.79 Å². The monoisotopic (exact) mass is 260 g/mol. The second-order valence-electron chi connectivity index (χ2n) is 5.37. The number of rotatable bonds is 3. The van der Waals surface area contributed by atoms with Crippen molar-refractivity contribution >= 4 is 18.3 Å². The highest BCUT2D eigenvalue weighted by molar-refractivity contribution is 5.85. The lowest BCUT2D eigenvalue weighted by molar-refractivity contribution is -0.149. The van der Waals surface area contributed by atoms with Crippen LogP contribution in [0.15, 0.2) is 0 Å². The number of nitrogens with one attached hydrogen (secondary N) is 1. The first kappa shape index (κ1) is 14.8. The third-order valence-corrected chi connectivity index (χ3v) is 4.56. The molecule has 1 amide bonds. The number of likely N-dealkylation sites (N-methyl/N-ethyl adjacent to an activating group) is 1. The smallest absolute Gasteiger partial charge is 0.228 e. The van der Waals surface area contributed by atoms with E-state index in [1.165, 1.54) is 12.8 Å². The molecular formula is C13H25ClN2O. The SMILES string of the molecule is CCC1(C(=O)N2CCCC(NC)C2)CCC1.Cl. The Balaban J connectivity index is 0.00000144. The summed E-state index contributed by atoms with van der Waals surface area (Å²) in [5.74, 6) is 0.432. The molecular weight excluding hydrogens is 236 g/mol. The van der Waals surface area contributed by atoms with Crippen LogP contribution in [0.4, 0.5) is 0 Å². The number of halogens is 1. The third kappa shape index (κ3) is 2.76. The minimum absolute atomic E-state index is 0. The molecule has 0 aromatic rings. The van der Waals surface area contributed by atoms with Crippen molar-refractivity contribution in [3.63, 3.8) is 0 Å². The lowest BCUT2D eigenvalue weighted by atomic mass is 9.66. The first-order valence-corrected chi connectivity index (χ1v) is 6.68. The average Bonchev–Trinajstić information content (AvgIpc) is 2.28. The van der Waals surface area contributed by atoms with Crippen molar-refractivity contribution in [1.82, 2.24) is 10.2 Å². The molecule has 17 heavy (non-hydrogen) atoms. The lowest BCUT2D eigenvalue weighted by Crippen LogP contribution is -2.53. The Labute approximate surface area is 111 Å². The van der Waals surface area contributed by atoms with Crippen LogP contribution in [0.3, 0.4) is 0 Å². The van der Waals surface area contributed by atoms with E-state index in [4.69, 9.17) is 0 Å². The molecule has 0 aromatic heterocycles. The number of piperidine rings is 1. The number of carbonyl (C=O) groups is 1. The summed E-state index contributed by atoms with van der Waals surface area (Å²) < 4.78 is 0. The maximum absolute atomic E-state index is 12.5. The molecule has 4 heteroatoms. The molecule has 1 saturated heterocycles. The molecule has 100 valence electrons. The van der Waals surface area contributed by atoms with E-state index >= 15 is 0 Å². The summed E-state index contributed by atoms with van der Waals surface area (Å²) in [5.41, 5.74) is 0.0234. The van der Waals surface area contributed by atoms with Gasteiger partial charge in [0.25, 0.3) is 0 Å². The topological polar surface area (TPSA) is 32.3 Å². The fourth-order valence-electron chi connectivity index (χ4n) is 3.05. The van der Waals surface area contributed by atoms with Crippen LogP contribution in [0, 0.1) is 5.41 Å². The molecule has 0 bridgehead atoms. The van der Waals surface area contributed by atoms with E-state index in [-0.39, 0.29) is 17.8 Å². The van der Waals surface area contributed by atoms with Crippen LogP contribution in [0.25, 0.3) is 0 Å². The predicted octanol–water partition coefficient (Wildman–Crippen LogP) is 2.20. The Morgan fingerprint density at radius 3 is 2.59 bits per heavy atom. The van der Waals surface area contributed by atoms with E-state index in [1.807, 2.05) is 7.05 Å². The van der Waals surface area contributed by atoms with Gasteiger partial charge in [0.15, 0.2) is 0 Å². The predicted molar refractivity (Wildman–Crippen MR) is 72.5 cm³/mol. The molecule has 1 aliphatic heterocycles. The molecule has 1 atom stereocenters. The first-order chi connectivity index (χ1) is 7.72. The summed E-state index contributed by atoms with van der Waals surface area (Å²) >= 11 is 0. The van der Waals surface area contributed by atoms with Crippen LogP contribution in [0.1, 0.15) is 45.4 Å². The van der Waals surface area contributed by atoms with Gasteiger partial charge in [-0.2, -0.15) is 0 Å². The Kier molecular flexibility index (Phi) is 5.26. The minimum atomic E-state index is 0. The second kappa shape index (κ2) is 6.05. The van der Waals surface area contributed by atoms with E-state index in [2.05, 4.69) is 17.1 Å². The van der Waals surface area contributed by atoms with Gasteiger partial charge in [-0.15, -0.1) is 12.4 Å². The van der Waals surface area contributed by atoms with Crippen LogP contribution < -0.4 is 5.32 Å². The van der Waals surface area contributed by atoms with Crippen molar-refractivity contribution in [3.05, 3.63) is 0 Å². The Bertz CT molecular complexity index is 261. The molecule has 1 heterocycles. The van der Waals surface area contributed by atoms with Gasteiger partial charge in [0.1, 0.15) is 0 Å². The van der Waals surface area contributed by atoms with Crippen molar-refractivity contribution in [2.45, 2.75) is 51.5 Å². The molecule has 1 N–H and O–H groups in total. The van der Waals surface area contributed by atoms with Gasteiger partial charge in [0.2, 0.25) is 5.91 Å². The van der Waals surface area contributed by atoms with E-state index in [0.717, 1.165) is 38.8 Å². The average molecular weight is 261 g/mol. The van der Waals surface area contributed by atoms with E-state index in [9.17, 15) is 4.79 Å². The second-order valence-corrected chi connectivity index (χ2v) is 5.37. The molecule has 1 saturated carbocycles. The van der Waals surface area contributed by atoms with Crippen molar-refractivity contribution < 1.29 is 4.79 Å². The Morgan fingerprint density at radius 1 is 1.41 bits per heavy atom. The molecule has 1 unspecified atom stereocenters. The van der Waals surface area contributed by atoms with E-state index in [0.29, 0.717) is 11.9 Å². The van der Waals surface area contributed by atoms with Crippen molar-refractivity contribution in [2.75, 3.05) is 20.1 Å². The van der Waals surface area contributed by atoms with Crippen molar-refractivity contribution in [2.24, 2.45) is 5.41 Å². The molecule has 3 nitrogen and oxygen atoms in total. The standard InChI is InChI=1S/C13H24N2O.ClH/c1-3-13(7-5-8-13)12(16)15-9-4-6-11(10-15)14-2;/h11,14H,3-10H2,1-2H3;1H. The number of nitrogens with zero attached hydrogens (tertiary/aromatic N) is 1. The minimum Gasteiger partial charge on any atom is -0.341 e. The summed E-state index contributed by atoms with van der Waals surface area (Å²) in [4.78, 5) is 14.6. The van der Waals surface area contributed by atoms with Gasteiger partial charge in [-0.3, -0.25) is 4.79 Å². The molecule has 0 radical (unpaired) electrons. The van der Waals surface area contributed by atoms with Gasteiger partial charge in [-0.1, -0.05) is 13.3 Å². The summed E-state index contributed by atoms with van der Waals surface area (Å²) in [7, 11) is 2.00. The quantitative estimate of drug-likeness (QED) is 0.844. The number of likely N-dealkylation sites (tertiary alicyclic amines) is 1. The van der Waals surface area contributed by atoms with E-state index in [1.54, 1.807) is 0 Å². The third-order valence-electron chi connectivity index (χ3n) is 4.56. The number of hydrogen-bond acceptors (Lipinski definition) is 2. The maximum atomic E-state index is 12.5. The molecule has 0 aromatic carbocycles. The van der Waals surface area contributed by atoms with Gasteiger partial charge < -0.3 is 10.2 Å². The fraction of sp³-hybridized carbons (Fsp3) is 0.923. The van der Waals surface area contributed by atoms with Gasteiger partial charge in [-0.25, -0.2) is 0 Å².